The molecule has 2 nitrogen and oxygen atoms in total. The number of hydrogen-bond donors (Lipinski definition) is 1. The van der Waals surface area contributed by atoms with Gasteiger partial charge in [-0.1, -0.05) is 27.7 Å². The fourth-order valence-electron chi connectivity index (χ4n) is 3.13. The minimum atomic E-state index is -0.606. The van der Waals surface area contributed by atoms with Gasteiger partial charge in [0, 0.05) is 0 Å². The van der Waals surface area contributed by atoms with Crippen molar-refractivity contribution in [1.82, 2.24) is 0 Å². The van der Waals surface area contributed by atoms with Gasteiger partial charge in [-0.25, -0.2) is 0 Å². The number of rotatable bonds is 4. The number of hydrogen-bond acceptors (Lipinski definition) is 2. The molecular weight excluding hydrogens is 220 g/mol. The molecule has 0 aromatic heterocycles. The summed E-state index contributed by atoms with van der Waals surface area (Å²) < 4.78 is -0.531. The Morgan fingerprint density at radius 3 is 2.50 bits per heavy atom. The lowest BCUT2D eigenvalue weighted by Gasteiger charge is -2.44. The molecule has 0 aromatic carbocycles. The van der Waals surface area contributed by atoms with Crippen LogP contribution in [-0.4, -0.2) is 21.6 Å². The quantitative estimate of drug-likeness (QED) is 0.817. The predicted molar refractivity (Wildman–Crippen MR) is 69.9 cm³/mol. The smallest absolute Gasteiger partial charge is 0.319 e. The molecular formula is C13H24O2S. The Morgan fingerprint density at radius 2 is 2.06 bits per heavy atom. The van der Waals surface area contributed by atoms with Gasteiger partial charge in [-0.3, -0.25) is 4.79 Å². The van der Waals surface area contributed by atoms with Crippen LogP contribution in [0, 0.1) is 11.3 Å². The second kappa shape index (κ2) is 4.99. The third-order valence-corrected chi connectivity index (χ3v) is 4.97. The molecule has 0 radical (unpaired) electrons. The van der Waals surface area contributed by atoms with Crippen molar-refractivity contribution in [3.8, 4) is 0 Å². The van der Waals surface area contributed by atoms with Crippen LogP contribution in [0.4, 0.5) is 0 Å². The summed E-state index contributed by atoms with van der Waals surface area (Å²) in [6.07, 6.45) is 3.84. The molecule has 0 spiro atoms. The van der Waals surface area contributed by atoms with Gasteiger partial charge in [0.15, 0.2) is 0 Å². The van der Waals surface area contributed by atoms with E-state index in [1.807, 2.05) is 0 Å². The first kappa shape index (κ1) is 13.9. The van der Waals surface area contributed by atoms with Gasteiger partial charge < -0.3 is 5.11 Å². The first-order valence-electron chi connectivity index (χ1n) is 6.19. The first-order valence-corrected chi connectivity index (χ1v) is 7.17. The SMILES string of the molecule is CCCSC1(C(=O)O)CC(C)CC(C)(C)C1. The number of carbonyl (C=O) groups is 1. The third kappa shape index (κ3) is 3.16. The second-order valence-electron chi connectivity index (χ2n) is 6.00. The number of carboxylic acid groups (broad SMARTS) is 1. The van der Waals surface area contributed by atoms with E-state index in [2.05, 4.69) is 27.7 Å². The van der Waals surface area contributed by atoms with Gasteiger partial charge in [0.2, 0.25) is 0 Å². The Labute approximate surface area is 103 Å². The monoisotopic (exact) mass is 244 g/mol. The molecule has 2 unspecified atom stereocenters. The molecule has 0 saturated heterocycles. The fraction of sp³-hybridized carbons (Fsp3) is 0.923. The topological polar surface area (TPSA) is 37.3 Å². The van der Waals surface area contributed by atoms with E-state index in [-0.39, 0.29) is 5.41 Å². The Hall–Kier alpha value is -0.180. The Kier molecular flexibility index (Phi) is 4.33. The number of aliphatic carboxylic acids is 1. The van der Waals surface area contributed by atoms with E-state index in [9.17, 15) is 9.90 Å². The maximum atomic E-state index is 11.6. The highest BCUT2D eigenvalue weighted by molar-refractivity contribution is 8.01. The molecule has 0 bridgehead atoms. The van der Waals surface area contributed by atoms with E-state index in [0.717, 1.165) is 31.4 Å². The molecule has 0 aliphatic heterocycles. The predicted octanol–water partition coefficient (Wildman–Crippen LogP) is 3.80. The van der Waals surface area contributed by atoms with Crippen LogP contribution in [0.25, 0.3) is 0 Å². The summed E-state index contributed by atoms with van der Waals surface area (Å²) in [4.78, 5) is 11.6. The fourth-order valence-corrected chi connectivity index (χ4v) is 4.74. The van der Waals surface area contributed by atoms with Crippen molar-refractivity contribution in [2.24, 2.45) is 11.3 Å². The molecule has 3 heteroatoms. The minimum Gasteiger partial charge on any atom is -0.480 e. The van der Waals surface area contributed by atoms with E-state index in [4.69, 9.17) is 0 Å². The first-order chi connectivity index (χ1) is 7.31. The maximum Gasteiger partial charge on any atom is 0.319 e. The average Bonchev–Trinajstić information content (AvgIpc) is 2.11. The highest BCUT2D eigenvalue weighted by atomic mass is 32.2. The molecule has 1 rings (SSSR count). The highest BCUT2D eigenvalue weighted by Crippen LogP contribution is 2.50. The third-order valence-electron chi connectivity index (χ3n) is 3.32. The molecule has 0 aromatic rings. The van der Waals surface area contributed by atoms with Gasteiger partial charge in [0.25, 0.3) is 0 Å². The Balaban J connectivity index is 2.87. The molecule has 94 valence electrons. The summed E-state index contributed by atoms with van der Waals surface area (Å²) >= 11 is 1.66. The molecule has 0 heterocycles. The summed E-state index contributed by atoms with van der Waals surface area (Å²) in [6.45, 7) is 8.70. The van der Waals surface area contributed by atoms with E-state index in [0.29, 0.717) is 5.92 Å². The molecule has 1 N–H and O–H groups in total. The zero-order chi connectivity index (χ0) is 12.4. The normalized spacial score (nSPS) is 33.6. The number of carboxylic acids is 1. The summed E-state index contributed by atoms with van der Waals surface area (Å²) in [6, 6.07) is 0. The second-order valence-corrected chi connectivity index (χ2v) is 7.48. The molecule has 1 fully saturated rings. The zero-order valence-electron chi connectivity index (χ0n) is 10.9. The van der Waals surface area contributed by atoms with E-state index < -0.39 is 10.7 Å². The van der Waals surface area contributed by atoms with Crippen LogP contribution in [-0.2, 0) is 4.79 Å². The number of thioether (sulfide) groups is 1. The van der Waals surface area contributed by atoms with Crippen molar-refractivity contribution in [1.29, 1.82) is 0 Å². The van der Waals surface area contributed by atoms with Crippen LogP contribution in [0.5, 0.6) is 0 Å². The highest BCUT2D eigenvalue weighted by Gasteiger charge is 2.48. The maximum absolute atomic E-state index is 11.6. The van der Waals surface area contributed by atoms with Crippen LogP contribution < -0.4 is 0 Å². The lowest BCUT2D eigenvalue weighted by Crippen LogP contribution is -2.45. The van der Waals surface area contributed by atoms with Crippen LogP contribution in [0.15, 0.2) is 0 Å². The van der Waals surface area contributed by atoms with Crippen LogP contribution in [0.1, 0.15) is 53.4 Å². The standard InChI is InChI=1S/C13H24O2S/c1-5-6-16-13(11(14)15)8-10(2)7-12(3,4)9-13/h10H,5-9H2,1-4H3,(H,14,15). The Bertz CT molecular complexity index is 263. The lowest BCUT2D eigenvalue weighted by molar-refractivity contribution is -0.142. The largest absolute Gasteiger partial charge is 0.480 e. The molecule has 1 aliphatic rings. The van der Waals surface area contributed by atoms with Crippen molar-refractivity contribution in [2.45, 2.75) is 58.1 Å². The van der Waals surface area contributed by atoms with Crippen LogP contribution in [0.2, 0.25) is 0 Å². The molecule has 0 amide bonds. The van der Waals surface area contributed by atoms with Crippen molar-refractivity contribution in [3.05, 3.63) is 0 Å². The zero-order valence-corrected chi connectivity index (χ0v) is 11.7. The van der Waals surface area contributed by atoms with Gasteiger partial charge in [0.05, 0.1) is 0 Å². The Morgan fingerprint density at radius 1 is 1.44 bits per heavy atom. The van der Waals surface area contributed by atoms with Crippen LogP contribution >= 0.6 is 11.8 Å². The van der Waals surface area contributed by atoms with Gasteiger partial charge in [-0.15, -0.1) is 11.8 Å². The molecule has 16 heavy (non-hydrogen) atoms. The summed E-state index contributed by atoms with van der Waals surface area (Å²) in [5.74, 6) is 0.865. The van der Waals surface area contributed by atoms with Gasteiger partial charge in [-0.05, 0) is 42.8 Å². The van der Waals surface area contributed by atoms with Gasteiger partial charge >= 0.3 is 5.97 Å². The minimum absolute atomic E-state index is 0.163. The van der Waals surface area contributed by atoms with E-state index >= 15 is 0 Å². The molecule has 2 atom stereocenters. The summed E-state index contributed by atoms with van der Waals surface area (Å²) in [5, 5.41) is 9.54. The van der Waals surface area contributed by atoms with Crippen molar-refractivity contribution in [3.63, 3.8) is 0 Å². The van der Waals surface area contributed by atoms with Crippen molar-refractivity contribution in [2.75, 3.05) is 5.75 Å². The lowest BCUT2D eigenvalue weighted by atomic mass is 9.67. The molecule has 1 saturated carbocycles. The van der Waals surface area contributed by atoms with Crippen molar-refractivity contribution < 1.29 is 9.90 Å². The van der Waals surface area contributed by atoms with Gasteiger partial charge in [-0.2, -0.15) is 0 Å². The van der Waals surface area contributed by atoms with Gasteiger partial charge in [0.1, 0.15) is 4.75 Å². The van der Waals surface area contributed by atoms with Crippen LogP contribution in [0.3, 0.4) is 0 Å². The average molecular weight is 244 g/mol. The molecule has 1 aliphatic carbocycles. The van der Waals surface area contributed by atoms with E-state index in [1.54, 1.807) is 11.8 Å². The van der Waals surface area contributed by atoms with Crippen molar-refractivity contribution >= 4 is 17.7 Å². The summed E-state index contributed by atoms with van der Waals surface area (Å²) in [5.41, 5.74) is 0.163. The van der Waals surface area contributed by atoms with E-state index in [1.165, 1.54) is 0 Å². The summed E-state index contributed by atoms with van der Waals surface area (Å²) in [7, 11) is 0.